The third-order valence-electron chi connectivity index (χ3n) is 3.16. The summed E-state index contributed by atoms with van der Waals surface area (Å²) in [6.07, 6.45) is 3.01. The Morgan fingerprint density at radius 3 is 2.67 bits per heavy atom. The smallest absolute Gasteiger partial charge is 0.146 e. The number of aliphatic hydroxyl groups excluding tert-OH is 1. The lowest BCUT2D eigenvalue weighted by Crippen LogP contribution is -2.47. The first-order valence-electron chi connectivity index (χ1n) is 5.86. The van der Waals surface area contributed by atoms with Crippen LogP contribution in [0.15, 0.2) is 10.8 Å². The van der Waals surface area contributed by atoms with E-state index in [0.29, 0.717) is 24.8 Å². The number of nitrogens with one attached hydrogen (secondary N) is 2. The number of halogens is 1. The number of rotatable bonds is 4. The number of aromatic nitrogens is 2. The van der Waals surface area contributed by atoms with Crippen LogP contribution in [0.3, 0.4) is 0 Å². The minimum absolute atomic E-state index is 0.0572. The Balaban J connectivity index is 2.21. The van der Waals surface area contributed by atoms with Crippen LogP contribution in [0.1, 0.15) is 12.8 Å². The summed E-state index contributed by atoms with van der Waals surface area (Å²) < 4.78 is 6.10. The molecule has 1 fully saturated rings. The molecule has 1 saturated heterocycles. The normalized spacial score (nSPS) is 18.4. The van der Waals surface area contributed by atoms with Gasteiger partial charge in [0.05, 0.1) is 12.1 Å². The molecule has 1 aromatic heterocycles. The summed E-state index contributed by atoms with van der Waals surface area (Å²) in [7, 11) is 1.80. The van der Waals surface area contributed by atoms with E-state index in [0.717, 1.165) is 17.3 Å². The van der Waals surface area contributed by atoms with E-state index in [2.05, 4.69) is 36.5 Å². The number of hydrogen-bond acceptors (Lipinski definition) is 6. The predicted molar refractivity (Wildman–Crippen MR) is 72.8 cm³/mol. The lowest BCUT2D eigenvalue weighted by Gasteiger charge is -2.37. The van der Waals surface area contributed by atoms with Gasteiger partial charge < -0.3 is 20.5 Å². The molecule has 0 saturated carbocycles. The van der Waals surface area contributed by atoms with Gasteiger partial charge in [-0.25, -0.2) is 9.97 Å². The molecule has 0 atom stereocenters. The van der Waals surface area contributed by atoms with Crippen molar-refractivity contribution in [1.29, 1.82) is 0 Å². The zero-order chi connectivity index (χ0) is 13.0. The molecule has 0 unspecified atom stereocenters. The van der Waals surface area contributed by atoms with Gasteiger partial charge in [-0.05, 0) is 28.8 Å². The number of hydrogen-bond donors (Lipinski definition) is 3. The highest BCUT2D eigenvalue weighted by Crippen LogP contribution is 2.31. The van der Waals surface area contributed by atoms with Crippen LogP contribution in [0.5, 0.6) is 0 Å². The van der Waals surface area contributed by atoms with Gasteiger partial charge in [0.1, 0.15) is 22.4 Å². The Kier molecular flexibility index (Phi) is 4.36. The third-order valence-corrected chi connectivity index (χ3v) is 3.91. The van der Waals surface area contributed by atoms with Gasteiger partial charge in [0.15, 0.2) is 0 Å². The molecule has 0 bridgehead atoms. The molecule has 18 heavy (non-hydrogen) atoms. The SMILES string of the molecule is CNc1ncnc(NC2(CO)CCOCC2)c1Br. The first kappa shape index (κ1) is 13.5. The molecule has 0 spiro atoms. The van der Waals surface area contributed by atoms with Gasteiger partial charge in [0.25, 0.3) is 0 Å². The van der Waals surface area contributed by atoms with Gasteiger partial charge in [-0.3, -0.25) is 0 Å². The second kappa shape index (κ2) is 5.81. The number of nitrogens with zero attached hydrogens (tertiary/aromatic N) is 2. The van der Waals surface area contributed by atoms with Crippen molar-refractivity contribution < 1.29 is 9.84 Å². The summed E-state index contributed by atoms with van der Waals surface area (Å²) >= 11 is 3.46. The van der Waals surface area contributed by atoms with Crippen LogP contribution >= 0.6 is 15.9 Å². The van der Waals surface area contributed by atoms with Gasteiger partial charge in [-0.2, -0.15) is 0 Å². The molecule has 100 valence electrons. The quantitative estimate of drug-likeness (QED) is 0.775. The Morgan fingerprint density at radius 1 is 1.39 bits per heavy atom. The molecule has 3 N–H and O–H groups in total. The topological polar surface area (TPSA) is 79.3 Å². The van der Waals surface area contributed by atoms with Crippen molar-refractivity contribution >= 4 is 27.6 Å². The van der Waals surface area contributed by atoms with E-state index >= 15 is 0 Å². The van der Waals surface area contributed by atoms with Crippen LogP contribution < -0.4 is 10.6 Å². The summed E-state index contributed by atoms with van der Waals surface area (Å²) in [5.41, 5.74) is -0.361. The molecule has 0 amide bonds. The number of anilines is 2. The van der Waals surface area contributed by atoms with Crippen LogP contribution in [0.25, 0.3) is 0 Å². The van der Waals surface area contributed by atoms with Crippen LogP contribution in [-0.2, 0) is 4.74 Å². The largest absolute Gasteiger partial charge is 0.394 e. The second-order valence-electron chi connectivity index (χ2n) is 4.31. The van der Waals surface area contributed by atoms with E-state index < -0.39 is 0 Å². The molecule has 2 heterocycles. The Bertz CT molecular complexity index is 410. The maximum Gasteiger partial charge on any atom is 0.146 e. The monoisotopic (exact) mass is 316 g/mol. The molecule has 1 aromatic rings. The van der Waals surface area contributed by atoms with Gasteiger partial charge in [-0.15, -0.1) is 0 Å². The zero-order valence-electron chi connectivity index (χ0n) is 10.2. The Hall–Kier alpha value is -0.920. The van der Waals surface area contributed by atoms with Gasteiger partial charge in [0, 0.05) is 20.3 Å². The van der Waals surface area contributed by atoms with E-state index in [9.17, 15) is 5.11 Å². The van der Waals surface area contributed by atoms with Crippen molar-refractivity contribution in [3.8, 4) is 0 Å². The average molecular weight is 317 g/mol. The van der Waals surface area contributed by atoms with Gasteiger partial charge in [-0.1, -0.05) is 0 Å². The molecule has 1 aliphatic heterocycles. The van der Waals surface area contributed by atoms with E-state index in [1.165, 1.54) is 6.33 Å². The van der Waals surface area contributed by atoms with Crippen LogP contribution in [0.2, 0.25) is 0 Å². The lowest BCUT2D eigenvalue weighted by atomic mass is 9.91. The zero-order valence-corrected chi connectivity index (χ0v) is 11.8. The Labute approximate surface area is 114 Å². The summed E-state index contributed by atoms with van der Waals surface area (Å²) in [5.74, 6) is 1.40. The first-order valence-corrected chi connectivity index (χ1v) is 6.65. The fourth-order valence-electron chi connectivity index (χ4n) is 1.97. The summed E-state index contributed by atoms with van der Waals surface area (Å²) in [6, 6.07) is 0. The van der Waals surface area contributed by atoms with Crippen LogP contribution in [0.4, 0.5) is 11.6 Å². The molecular formula is C11H17BrN4O2. The van der Waals surface area contributed by atoms with Crippen LogP contribution in [-0.4, -0.2) is 47.5 Å². The summed E-state index contributed by atoms with van der Waals surface area (Å²) in [4.78, 5) is 8.32. The highest BCUT2D eigenvalue weighted by Gasteiger charge is 2.33. The van der Waals surface area contributed by atoms with Crippen molar-refractivity contribution in [2.75, 3.05) is 37.5 Å². The molecular weight excluding hydrogens is 300 g/mol. The predicted octanol–water partition coefficient (Wildman–Crippen LogP) is 1.23. The van der Waals surface area contributed by atoms with E-state index in [1.54, 1.807) is 7.05 Å². The fraction of sp³-hybridized carbons (Fsp3) is 0.636. The van der Waals surface area contributed by atoms with Crippen molar-refractivity contribution in [1.82, 2.24) is 9.97 Å². The van der Waals surface area contributed by atoms with Crippen molar-refractivity contribution in [2.24, 2.45) is 0 Å². The van der Waals surface area contributed by atoms with Crippen LogP contribution in [0, 0.1) is 0 Å². The lowest BCUT2D eigenvalue weighted by molar-refractivity contribution is 0.0378. The molecule has 0 aliphatic carbocycles. The summed E-state index contributed by atoms with van der Waals surface area (Å²) in [5, 5.41) is 15.9. The van der Waals surface area contributed by atoms with E-state index in [1.807, 2.05) is 0 Å². The summed E-state index contributed by atoms with van der Waals surface area (Å²) in [6.45, 7) is 1.35. The first-order chi connectivity index (χ1) is 8.71. The average Bonchev–Trinajstić information content (AvgIpc) is 2.42. The van der Waals surface area contributed by atoms with Crippen molar-refractivity contribution in [2.45, 2.75) is 18.4 Å². The molecule has 2 rings (SSSR count). The second-order valence-corrected chi connectivity index (χ2v) is 5.10. The highest BCUT2D eigenvalue weighted by molar-refractivity contribution is 9.10. The minimum Gasteiger partial charge on any atom is -0.394 e. The highest BCUT2D eigenvalue weighted by atomic mass is 79.9. The maximum absolute atomic E-state index is 9.63. The van der Waals surface area contributed by atoms with E-state index in [4.69, 9.17) is 4.74 Å². The standard InChI is InChI=1S/C11H17BrN4O2/c1-13-9-8(12)10(15-7-14-9)16-11(6-17)2-4-18-5-3-11/h7,17H,2-6H2,1H3,(H2,13,14,15,16). The molecule has 0 radical (unpaired) electrons. The van der Waals surface area contributed by atoms with Crippen molar-refractivity contribution in [3.63, 3.8) is 0 Å². The van der Waals surface area contributed by atoms with Gasteiger partial charge in [0.2, 0.25) is 0 Å². The molecule has 1 aliphatic rings. The fourth-order valence-corrected chi connectivity index (χ4v) is 2.47. The van der Waals surface area contributed by atoms with E-state index in [-0.39, 0.29) is 12.1 Å². The molecule has 0 aromatic carbocycles. The minimum atomic E-state index is -0.361. The van der Waals surface area contributed by atoms with Gasteiger partial charge >= 0.3 is 0 Å². The van der Waals surface area contributed by atoms with Crippen molar-refractivity contribution in [3.05, 3.63) is 10.8 Å². The number of aliphatic hydroxyl groups is 1. The number of ether oxygens (including phenoxy) is 1. The molecule has 6 nitrogen and oxygen atoms in total. The Morgan fingerprint density at radius 2 is 2.06 bits per heavy atom. The third kappa shape index (κ3) is 2.73. The maximum atomic E-state index is 9.63. The molecule has 7 heteroatoms.